The molecular weight excluding hydrogens is 569 g/mol. The van der Waals surface area contributed by atoms with Crippen LogP contribution in [0.5, 0.6) is 11.5 Å². The van der Waals surface area contributed by atoms with Gasteiger partial charge in [0.1, 0.15) is 23.9 Å². The zero-order valence-corrected chi connectivity index (χ0v) is 23.3. The molecule has 216 valence electrons. The zero-order chi connectivity index (χ0) is 29.7. The van der Waals surface area contributed by atoms with E-state index in [2.05, 4.69) is 4.74 Å². The van der Waals surface area contributed by atoms with Gasteiger partial charge in [-0.2, -0.15) is 0 Å². The number of nitrogens with zero attached hydrogens (tertiary/aromatic N) is 2. The molecule has 10 heteroatoms. The van der Waals surface area contributed by atoms with E-state index in [1.807, 2.05) is 53.1 Å². The van der Waals surface area contributed by atoms with Gasteiger partial charge in [-0.1, -0.05) is 54.1 Å². The summed E-state index contributed by atoms with van der Waals surface area (Å²) in [5.74, 6) is 0.409. The number of imidazole rings is 1. The van der Waals surface area contributed by atoms with Crippen LogP contribution in [0.4, 0.5) is 13.2 Å². The summed E-state index contributed by atoms with van der Waals surface area (Å²) in [7, 11) is 0. The van der Waals surface area contributed by atoms with Gasteiger partial charge in [0.15, 0.2) is 0 Å². The molecule has 1 aromatic heterocycles. The number of hydrogen-bond acceptors (Lipinski definition) is 5. The van der Waals surface area contributed by atoms with Crippen molar-refractivity contribution in [2.24, 2.45) is 0 Å². The van der Waals surface area contributed by atoms with E-state index in [1.54, 1.807) is 37.3 Å². The molecule has 0 aliphatic carbocycles. The second-order valence-electron chi connectivity index (χ2n) is 9.39. The molecule has 5 rings (SSSR count). The summed E-state index contributed by atoms with van der Waals surface area (Å²) in [4.78, 5) is 16.7. The van der Waals surface area contributed by atoms with Crippen molar-refractivity contribution in [2.75, 3.05) is 6.61 Å². The lowest BCUT2D eigenvalue weighted by Crippen LogP contribution is -2.17. The highest BCUT2D eigenvalue weighted by molar-refractivity contribution is 6.32. The number of hydrogen-bond donors (Lipinski definition) is 0. The number of benzene rings is 4. The van der Waals surface area contributed by atoms with Gasteiger partial charge in [-0.05, 0) is 72.1 Å². The number of carbonyl (C=O) groups is 1. The number of halogens is 4. The Kier molecular flexibility index (Phi) is 8.68. The standard InChI is InChI=1S/C32H26ClF3N2O4/c1-2-40-30(39)18-21-11-16-26(33)29(17-21)41-20-24-8-4-3-7-23(24)19-38-28-10-6-5-9-27(28)37-31(38)22-12-14-25(15-13-22)42-32(34,35)36/h3-17H,2,18-20H2,1H3. The van der Waals surface area contributed by atoms with E-state index in [4.69, 9.17) is 26.1 Å². The van der Waals surface area contributed by atoms with Crippen LogP contribution in [0.2, 0.25) is 5.02 Å². The van der Waals surface area contributed by atoms with Gasteiger partial charge in [-0.25, -0.2) is 4.98 Å². The lowest BCUT2D eigenvalue weighted by atomic mass is 10.1. The van der Waals surface area contributed by atoms with Crippen LogP contribution < -0.4 is 9.47 Å². The Hall–Kier alpha value is -4.50. The van der Waals surface area contributed by atoms with E-state index in [0.717, 1.165) is 27.7 Å². The fourth-order valence-electron chi connectivity index (χ4n) is 4.59. The molecule has 0 aliphatic rings. The van der Waals surface area contributed by atoms with E-state index in [0.29, 0.717) is 35.3 Å². The van der Waals surface area contributed by atoms with Gasteiger partial charge in [0.2, 0.25) is 0 Å². The lowest BCUT2D eigenvalue weighted by molar-refractivity contribution is -0.274. The molecule has 0 N–H and O–H groups in total. The first kappa shape index (κ1) is 29.0. The van der Waals surface area contributed by atoms with E-state index < -0.39 is 6.36 Å². The normalized spacial score (nSPS) is 11.5. The molecule has 0 spiro atoms. The fraction of sp³-hybridized carbons (Fsp3) is 0.188. The molecular formula is C32H26ClF3N2O4. The summed E-state index contributed by atoms with van der Waals surface area (Å²) in [6.07, 6.45) is -4.66. The highest BCUT2D eigenvalue weighted by Crippen LogP contribution is 2.31. The molecule has 0 unspecified atom stereocenters. The van der Waals surface area contributed by atoms with Crippen LogP contribution in [0.1, 0.15) is 23.6 Å². The Labute approximate surface area is 245 Å². The van der Waals surface area contributed by atoms with Gasteiger partial charge in [0.25, 0.3) is 0 Å². The summed E-state index contributed by atoms with van der Waals surface area (Å²) in [5.41, 5.74) is 4.84. The first-order chi connectivity index (χ1) is 20.2. The first-order valence-electron chi connectivity index (χ1n) is 13.1. The Morgan fingerprint density at radius 3 is 2.38 bits per heavy atom. The Morgan fingerprint density at radius 2 is 1.64 bits per heavy atom. The topological polar surface area (TPSA) is 62.6 Å². The van der Waals surface area contributed by atoms with Gasteiger partial charge in [0, 0.05) is 5.56 Å². The van der Waals surface area contributed by atoms with Crippen molar-refractivity contribution in [1.29, 1.82) is 0 Å². The Balaban J connectivity index is 1.41. The highest BCUT2D eigenvalue weighted by Gasteiger charge is 2.31. The molecule has 0 radical (unpaired) electrons. The molecule has 0 amide bonds. The van der Waals surface area contributed by atoms with Crippen LogP contribution in [0.25, 0.3) is 22.4 Å². The molecule has 4 aromatic carbocycles. The van der Waals surface area contributed by atoms with Crippen molar-refractivity contribution in [3.8, 4) is 22.9 Å². The number of rotatable bonds is 10. The summed E-state index contributed by atoms with van der Waals surface area (Å²) in [6.45, 7) is 2.69. The molecule has 6 nitrogen and oxygen atoms in total. The van der Waals surface area contributed by atoms with Crippen LogP contribution in [0, 0.1) is 0 Å². The summed E-state index contributed by atoms with van der Waals surface area (Å²) in [6, 6.07) is 26.2. The third-order valence-corrected chi connectivity index (χ3v) is 6.79. The number of aromatic nitrogens is 2. The second-order valence-corrected chi connectivity index (χ2v) is 9.79. The van der Waals surface area contributed by atoms with Crippen molar-refractivity contribution < 1.29 is 32.2 Å². The molecule has 0 bridgehead atoms. The summed E-state index contributed by atoms with van der Waals surface area (Å²) >= 11 is 6.39. The smallest absolute Gasteiger partial charge is 0.487 e. The summed E-state index contributed by atoms with van der Waals surface area (Å²) in [5, 5.41) is 0.418. The van der Waals surface area contributed by atoms with Crippen LogP contribution >= 0.6 is 11.6 Å². The number of esters is 1. The van der Waals surface area contributed by atoms with E-state index in [1.165, 1.54) is 12.1 Å². The molecule has 5 aromatic rings. The maximum atomic E-state index is 12.7. The number of fused-ring (bicyclic) bond motifs is 1. The van der Waals surface area contributed by atoms with E-state index in [-0.39, 0.29) is 24.7 Å². The largest absolute Gasteiger partial charge is 0.573 e. The molecule has 0 atom stereocenters. The minimum atomic E-state index is -4.77. The Morgan fingerprint density at radius 1 is 0.929 bits per heavy atom. The lowest BCUT2D eigenvalue weighted by Gasteiger charge is -2.15. The minimum absolute atomic E-state index is 0.109. The van der Waals surface area contributed by atoms with Gasteiger partial charge in [0.05, 0.1) is 35.6 Å². The van der Waals surface area contributed by atoms with Gasteiger partial charge in [-0.3, -0.25) is 4.79 Å². The summed E-state index contributed by atoms with van der Waals surface area (Å²) < 4.78 is 55.2. The molecule has 42 heavy (non-hydrogen) atoms. The third kappa shape index (κ3) is 7.03. The van der Waals surface area contributed by atoms with Gasteiger partial charge < -0.3 is 18.8 Å². The van der Waals surface area contributed by atoms with Crippen LogP contribution in [-0.2, 0) is 29.1 Å². The molecule has 0 saturated carbocycles. The van der Waals surface area contributed by atoms with Gasteiger partial charge in [-0.15, -0.1) is 13.2 Å². The van der Waals surface area contributed by atoms with Crippen molar-refractivity contribution in [3.63, 3.8) is 0 Å². The average Bonchev–Trinajstić information content (AvgIpc) is 3.32. The van der Waals surface area contributed by atoms with Gasteiger partial charge >= 0.3 is 12.3 Å². The first-order valence-corrected chi connectivity index (χ1v) is 13.5. The predicted molar refractivity (Wildman–Crippen MR) is 154 cm³/mol. The fourth-order valence-corrected chi connectivity index (χ4v) is 4.76. The Bertz CT molecular complexity index is 1700. The molecule has 0 fully saturated rings. The van der Waals surface area contributed by atoms with Crippen molar-refractivity contribution in [1.82, 2.24) is 9.55 Å². The monoisotopic (exact) mass is 594 g/mol. The van der Waals surface area contributed by atoms with Crippen LogP contribution in [-0.4, -0.2) is 28.5 Å². The number of alkyl halides is 3. The maximum Gasteiger partial charge on any atom is 0.573 e. The minimum Gasteiger partial charge on any atom is -0.487 e. The van der Waals surface area contributed by atoms with Crippen molar-refractivity contribution in [3.05, 3.63) is 113 Å². The molecule has 0 saturated heterocycles. The quantitative estimate of drug-likeness (QED) is 0.153. The second kappa shape index (κ2) is 12.6. The average molecular weight is 595 g/mol. The number of ether oxygens (including phenoxy) is 3. The van der Waals surface area contributed by atoms with E-state index in [9.17, 15) is 18.0 Å². The number of para-hydroxylation sites is 2. The highest BCUT2D eigenvalue weighted by atomic mass is 35.5. The SMILES string of the molecule is CCOC(=O)Cc1ccc(Cl)c(OCc2ccccc2Cn2c(-c3ccc(OC(F)(F)F)cc3)nc3ccccc32)c1. The predicted octanol–water partition coefficient (Wildman–Crippen LogP) is 7.99. The molecule has 0 aliphatic heterocycles. The third-order valence-electron chi connectivity index (χ3n) is 6.48. The number of carbonyl (C=O) groups excluding carboxylic acids is 1. The van der Waals surface area contributed by atoms with Crippen LogP contribution in [0.3, 0.4) is 0 Å². The van der Waals surface area contributed by atoms with Crippen molar-refractivity contribution in [2.45, 2.75) is 32.9 Å². The van der Waals surface area contributed by atoms with E-state index >= 15 is 0 Å². The van der Waals surface area contributed by atoms with Crippen LogP contribution in [0.15, 0.2) is 91.0 Å². The molecule has 1 heterocycles. The zero-order valence-electron chi connectivity index (χ0n) is 22.5. The van der Waals surface area contributed by atoms with Crippen molar-refractivity contribution >= 4 is 28.6 Å². The maximum absolute atomic E-state index is 12.7.